The number of hydrogen-bond donors (Lipinski definition) is 1. The van der Waals surface area contributed by atoms with Crippen LogP contribution in [-0.2, 0) is 0 Å². The first-order chi connectivity index (χ1) is 5.08. The zero-order chi connectivity index (χ0) is 8.11. The Balaban J connectivity index is 2.15. The van der Waals surface area contributed by atoms with E-state index >= 15 is 0 Å². The lowest BCUT2D eigenvalue weighted by Crippen LogP contribution is -2.57. The van der Waals surface area contributed by atoms with E-state index in [9.17, 15) is 8.78 Å². The van der Waals surface area contributed by atoms with Crippen LogP contribution in [-0.4, -0.2) is 41.2 Å². The van der Waals surface area contributed by atoms with Crippen LogP contribution < -0.4 is 0 Å². The molecule has 0 amide bonds. The van der Waals surface area contributed by atoms with E-state index in [1.165, 1.54) is 0 Å². The fraction of sp³-hybridized carbons (Fsp3) is 1.00. The Hall–Kier alpha value is -0.220. The lowest BCUT2D eigenvalue weighted by molar-refractivity contribution is -0.0191. The first-order valence-corrected chi connectivity index (χ1v) is 3.82. The third kappa shape index (κ3) is 0.891. The van der Waals surface area contributed by atoms with E-state index in [-0.39, 0.29) is 19.6 Å². The molecule has 0 radical (unpaired) electrons. The zero-order valence-corrected chi connectivity index (χ0v) is 6.19. The number of hydrogen-bond acceptors (Lipinski definition) is 2. The quantitative estimate of drug-likeness (QED) is 0.607. The van der Waals surface area contributed by atoms with E-state index < -0.39 is 11.5 Å². The molecule has 2 fully saturated rings. The minimum absolute atomic E-state index is 0.122. The highest BCUT2D eigenvalue weighted by Crippen LogP contribution is 2.46. The predicted octanol–water partition coefficient (Wildman–Crippen LogP) is 0.462. The van der Waals surface area contributed by atoms with Crippen molar-refractivity contribution in [3.63, 3.8) is 0 Å². The van der Waals surface area contributed by atoms with Gasteiger partial charge in [0.15, 0.2) is 0 Å². The lowest BCUT2D eigenvalue weighted by atomic mass is 9.85. The van der Waals surface area contributed by atoms with Gasteiger partial charge >= 0.3 is 0 Å². The average molecular weight is 163 g/mol. The second kappa shape index (κ2) is 1.93. The van der Waals surface area contributed by atoms with Gasteiger partial charge in [0.1, 0.15) is 0 Å². The molecule has 0 saturated carbocycles. The van der Waals surface area contributed by atoms with Crippen molar-refractivity contribution in [2.75, 3.05) is 19.7 Å². The second-order valence-electron chi connectivity index (χ2n) is 3.59. The zero-order valence-electron chi connectivity index (χ0n) is 6.19. The van der Waals surface area contributed by atoms with Crippen molar-refractivity contribution in [2.24, 2.45) is 0 Å². The van der Waals surface area contributed by atoms with Gasteiger partial charge < -0.3 is 5.11 Å². The molecule has 0 spiro atoms. The van der Waals surface area contributed by atoms with Gasteiger partial charge in [-0.15, -0.1) is 0 Å². The highest BCUT2D eigenvalue weighted by molar-refractivity contribution is 5.09. The van der Waals surface area contributed by atoms with Crippen molar-refractivity contribution in [1.82, 2.24) is 4.90 Å². The average Bonchev–Trinajstić information content (AvgIpc) is 2.09. The predicted molar refractivity (Wildman–Crippen MR) is 35.6 cm³/mol. The number of aliphatic hydroxyl groups is 1. The molecule has 0 aromatic rings. The van der Waals surface area contributed by atoms with Crippen LogP contribution in [0.25, 0.3) is 0 Å². The molecule has 0 aliphatic carbocycles. The van der Waals surface area contributed by atoms with Gasteiger partial charge in [0.25, 0.3) is 5.92 Å². The highest BCUT2D eigenvalue weighted by atomic mass is 19.3. The summed E-state index contributed by atoms with van der Waals surface area (Å²) in [5.74, 6) is -2.57. The smallest absolute Gasteiger partial charge is 0.262 e. The molecular weight excluding hydrogens is 152 g/mol. The third-order valence-corrected chi connectivity index (χ3v) is 2.82. The molecule has 1 atom stereocenters. The van der Waals surface area contributed by atoms with Gasteiger partial charge in [0.05, 0.1) is 18.7 Å². The van der Waals surface area contributed by atoms with Crippen LogP contribution in [0.15, 0.2) is 0 Å². The Morgan fingerprint density at radius 3 is 2.45 bits per heavy atom. The van der Waals surface area contributed by atoms with E-state index in [2.05, 4.69) is 0 Å². The number of nitrogens with zero attached hydrogens (tertiary/aromatic N) is 1. The molecule has 2 rings (SSSR count). The first-order valence-electron chi connectivity index (χ1n) is 3.82. The fourth-order valence-electron chi connectivity index (χ4n) is 2.08. The maximum atomic E-state index is 12.8. The van der Waals surface area contributed by atoms with Crippen LogP contribution in [0.3, 0.4) is 0 Å². The van der Waals surface area contributed by atoms with E-state index in [4.69, 9.17) is 5.11 Å². The van der Waals surface area contributed by atoms with E-state index in [0.29, 0.717) is 0 Å². The molecule has 64 valence electrons. The summed E-state index contributed by atoms with van der Waals surface area (Å²) >= 11 is 0. The van der Waals surface area contributed by atoms with E-state index in [0.717, 1.165) is 13.0 Å². The Morgan fingerprint density at radius 2 is 2.18 bits per heavy atom. The van der Waals surface area contributed by atoms with E-state index in [1.807, 2.05) is 0 Å². The number of rotatable bonds is 1. The summed E-state index contributed by atoms with van der Waals surface area (Å²) in [5.41, 5.74) is -0.552. The SMILES string of the molecule is OCC12CCN1CC(F)(F)C2. The van der Waals surface area contributed by atoms with Crippen molar-refractivity contribution < 1.29 is 13.9 Å². The second-order valence-corrected chi connectivity index (χ2v) is 3.59. The molecule has 1 unspecified atom stereocenters. The van der Waals surface area contributed by atoms with Crippen molar-refractivity contribution in [3.05, 3.63) is 0 Å². The molecule has 2 nitrogen and oxygen atoms in total. The minimum atomic E-state index is -2.57. The van der Waals surface area contributed by atoms with Gasteiger partial charge in [-0.25, -0.2) is 8.78 Å². The van der Waals surface area contributed by atoms with Crippen molar-refractivity contribution >= 4 is 0 Å². The summed E-state index contributed by atoms with van der Waals surface area (Å²) in [4.78, 5) is 1.69. The molecule has 2 aliphatic heterocycles. The third-order valence-electron chi connectivity index (χ3n) is 2.82. The van der Waals surface area contributed by atoms with Crippen LogP contribution in [0.5, 0.6) is 0 Å². The Morgan fingerprint density at radius 1 is 1.45 bits per heavy atom. The standard InChI is InChI=1S/C7H11F2NO/c8-7(9)3-6(5-11)1-2-10(6)4-7/h11H,1-5H2. The van der Waals surface area contributed by atoms with Crippen LogP contribution in [0, 0.1) is 0 Å². The minimum Gasteiger partial charge on any atom is -0.394 e. The van der Waals surface area contributed by atoms with Crippen molar-refractivity contribution in [3.8, 4) is 0 Å². The van der Waals surface area contributed by atoms with Gasteiger partial charge in [-0.1, -0.05) is 0 Å². The Bertz CT molecular complexity index is 181. The Kier molecular flexibility index (Phi) is 1.30. The summed E-state index contributed by atoms with van der Waals surface area (Å²) in [7, 11) is 0. The topological polar surface area (TPSA) is 23.5 Å². The molecule has 0 aromatic heterocycles. The van der Waals surface area contributed by atoms with Crippen LogP contribution in [0.2, 0.25) is 0 Å². The molecule has 4 heteroatoms. The van der Waals surface area contributed by atoms with Crippen LogP contribution in [0.1, 0.15) is 12.8 Å². The van der Waals surface area contributed by atoms with Crippen LogP contribution in [0.4, 0.5) is 8.78 Å². The highest BCUT2D eigenvalue weighted by Gasteiger charge is 2.58. The molecule has 11 heavy (non-hydrogen) atoms. The molecule has 2 saturated heterocycles. The van der Waals surface area contributed by atoms with Gasteiger partial charge in [-0.2, -0.15) is 0 Å². The first kappa shape index (κ1) is 7.43. The van der Waals surface area contributed by atoms with Gasteiger partial charge in [-0.3, -0.25) is 4.90 Å². The largest absolute Gasteiger partial charge is 0.394 e. The van der Waals surface area contributed by atoms with E-state index in [1.54, 1.807) is 4.90 Å². The number of alkyl halides is 2. The van der Waals surface area contributed by atoms with Crippen LogP contribution >= 0.6 is 0 Å². The monoisotopic (exact) mass is 163 g/mol. The number of fused-ring (bicyclic) bond motifs is 1. The van der Waals surface area contributed by atoms with Gasteiger partial charge in [-0.05, 0) is 6.42 Å². The molecule has 0 aromatic carbocycles. The van der Waals surface area contributed by atoms with Crippen molar-refractivity contribution in [2.45, 2.75) is 24.3 Å². The fourth-order valence-corrected chi connectivity index (χ4v) is 2.08. The molecular formula is C7H11F2NO. The molecule has 0 bridgehead atoms. The molecule has 1 N–H and O–H groups in total. The summed E-state index contributed by atoms with van der Waals surface area (Å²) in [6, 6.07) is 0. The molecule has 2 aliphatic rings. The summed E-state index contributed by atoms with van der Waals surface area (Å²) in [5, 5.41) is 8.90. The normalized spacial score (nSPS) is 41.7. The molecule has 2 heterocycles. The van der Waals surface area contributed by atoms with Gasteiger partial charge in [0.2, 0.25) is 0 Å². The lowest BCUT2D eigenvalue weighted by Gasteiger charge is -2.46. The van der Waals surface area contributed by atoms with Crippen molar-refractivity contribution in [1.29, 1.82) is 0 Å². The number of aliphatic hydroxyl groups excluding tert-OH is 1. The maximum absolute atomic E-state index is 12.8. The summed E-state index contributed by atoms with van der Waals surface area (Å²) < 4.78 is 25.5. The van der Waals surface area contributed by atoms with Gasteiger partial charge in [0, 0.05) is 13.0 Å². The Labute approximate surface area is 63.8 Å². The summed E-state index contributed by atoms with van der Waals surface area (Å²) in [6.07, 6.45) is 0.565. The maximum Gasteiger partial charge on any atom is 0.262 e. The summed E-state index contributed by atoms with van der Waals surface area (Å²) in [6.45, 7) is 0.437. The number of halogens is 2.